The van der Waals surface area contributed by atoms with Crippen LogP contribution in [0.15, 0.2) is 52.1 Å². The molecule has 3 rings (SSSR count). The molecule has 0 saturated heterocycles. The Kier molecular flexibility index (Phi) is 3.76. The van der Waals surface area contributed by atoms with E-state index >= 15 is 0 Å². The van der Waals surface area contributed by atoms with Gasteiger partial charge in [0.2, 0.25) is 0 Å². The molecule has 0 aliphatic carbocycles. The molecule has 7 heteroatoms. The number of para-hydroxylation sites is 1. The first-order chi connectivity index (χ1) is 11.4. The summed E-state index contributed by atoms with van der Waals surface area (Å²) in [5.74, 6) is -0.323. The SMILES string of the molecule is CN(C(=O)c1ccc2c(=O)n(C)c(=O)n(C)c2n1)c1ccccc1. The van der Waals surface area contributed by atoms with Crippen LogP contribution in [0.2, 0.25) is 0 Å². The molecule has 3 aromatic rings. The number of carbonyl (C=O) groups excluding carboxylic acids is 1. The molecule has 0 aliphatic heterocycles. The number of aryl methyl sites for hydroxylation is 1. The monoisotopic (exact) mass is 324 g/mol. The molecule has 24 heavy (non-hydrogen) atoms. The summed E-state index contributed by atoms with van der Waals surface area (Å²) in [6.07, 6.45) is 0. The lowest BCUT2D eigenvalue weighted by Gasteiger charge is -2.17. The molecule has 2 aromatic heterocycles. The molecule has 122 valence electrons. The third-order valence-corrected chi connectivity index (χ3v) is 3.97. The number of fused-ring (bicyclic) bond motifs is 1. The number of aromatic nitrogens is 3. The summed E-state index contributed by atoms with van der Waals surface area (Å²) in [7, 11) is 4.57. The number of hydrogen-bond acceptors (Lipinski definition) is 4. The highest BCUT2D eigenvalue weighted by molar-refractivity contribution is 6.05. The maximum atomic E-state index is 12.6. The molecule has 0 atom stereocenters. The second-order valence-electron chi connectivity index (χ2n) is 5.47. The standard InChI is InChI=1S/C17H16N4O3/c1-19(11-7-5-4-6-8-11)16(23)13-10-9-12-14(18-13)20(2)17(24)21(3)15(12)22/h4-10H,1-3H3. The van der Waals surface area contributed by atoms with Gasteiger partial charge in [-0.2, -0.15) is 0 Å². The molecule has 0 fully saturated rings. The third-order valence-electron chi connectivity index (χ3n) is 3.97. The predicted octanol–water partition coefficient (Wildman–Crippen LogP) is 0.909. The van der Waals surface area contributed by atoms with Gasteiger partial charge in [0.15, 0.2) is 0 Å². The molecule has 1 aromatic carbocycles. The summed E-state index contributed by atoms with van der Waals surface area (Å²) in [6, 6.07) is 12.2. The van der Waals surface area contributed by atoms with Crippen LogP contribution in [0.1, 0.15) is 10.5 Å². The minimum absolute atomic E-state index is 0.164. The number of amides is 1. The van der Waals surface area contributed by atoms with Gasteiger partial charge < -0.3 is 4.90 Å². The van der Waals surface area contributed by atoms with E-state index < -0.39 is 11.2 Å². The van der Waals surface area contributed by atoms with Crippen molar-refractivity contribution in [3.63, 3.8) is 0 Å². The van der Waals surface area contributed by atoms with Crippen molar-refractivity contribution < 1.29 is 4.79 Å². The van der Waals surface area contributed by atoms with Crippen molar-refractivity contribution in [1.29, 1.82) is 0 Å². The molecule has 0 saturated carbocycles. The van der Waals surface area contributed by atoms with Gasteiger partial charge in [-0.3, -0.25) is 18.7 Å². The maximum absolute atomic E-state index is 12.6. The van der Waals surface area contributed by atoms with Crippen LogP contribution >= 0.6 is 0 Å². The Morgan fingerprint density at radius 3 is 2.33 bits per heavy atom. The lowest BCUT2D eigenvalue weighted by atomic mass is 10.2. The zero-order valence-corrected chi connectivity index (χ0v) is 13.6. The normalized spacial score (nSPS) is 10.8. The minimum Gasteiger partial charge on any atom is -0.310 e. The second-order valence-corrected chi connectivity index (χ2v) is 5.47. The van der Waals surface area contributed by atoms with Crippen molar-refractivity contribution in [2.24, 2.45) is 14.1 Å². The molecule has 0 bridgehead atoms. The lowest BCUT2D eigenvalue weighted by molar-refractivity contribution is 0.0988. The Morgan fingerprint density at radius 1 is 1.00 bits per heavy atom. The second kappa shape index (κ2) is 5.77. The van der Waals surface area contributed by atoms with Gasteiger partial charge in [-0.25, -0.2) is 9.78 Å². The largest absolute Gasteiger partial charge is 0.332 e. The van der Waals surface area contributed by atoms with Crippen LogP contribution in [0.4, 0.5) is 5.69 Å². The van der Waals surface area contributed by atoms with Gasteiger partial charge in [-0.15, -0.1) is 0 Å². The van der Waals surface area contributed by atoms with E-state index in [1.165, 1.54) is 35.7 Å². The van der Waals surface area contributed by atoms with Crippen LogP contribution in [0.5, 0.6) is 0 Å². The Morgan fingerprint density at radius 2 is 1.67 bits per heavy atom. The van der Waals surface area contributed by atoms with Gasteiger partial charge in [0.1, 0.15) is 11.3 Å². The van der Waals surface area contributed by atoms with Crippen LogP contribution < -0.4 is 16.1 Å². The minimum atomic E-state index is -0.485. The number of anilines is 1. The van der Waals surface area contributed by atoms with E-state index in [1.807, 2.05) is 30.3 Å². The Bertz CT molecular complexity index is 1050. The molecule has 2 heterocycles. The zero-order chi connectivity index (χ0) is 17.4. The Balaban J connectivity index is 2.13. The molecule has 0 aliphatic rings. The van der Waals surface area contributed by atoms with Crippen LogP contribution in [-0.2, 0) is 14.1 Å². The highest BCUT2D eigenvalue weighted by Gasteiger charge is 2.17. The fourth-order valence-corrected chi connectivity index (χ4v) is 2.51. The first kappa shape index (κ1) is 15.7. The van der Waals surface area contributed by atoms with Gasteiger partial charge in [-0.05, 0) is 24.3 Å². The number of pyridine rings is 1. The van der Waals surface area contributed by atoms with Crippen molar-refractivity contribution in [1.82, 2.24) is 14.1 Å². The van der Waals surface area contributed by atoms with Crippen molar-refractivity contribution in [2.75, 3.05) is 11.9 Å². The molecule has 0 spiro atoms. The highest BCUT2D eigenvalue weighted by Crippen LogP contribution is 2.15. The fourth-order valence-electron chi connectivity index (χ4n) is 2.51. The predicted molar refractivity (Wildman–Crippen MR) is 91.4 cm³/mol. The van der Waals surface area contributed by atoms with E-state index in [9.17, 15) is 14.4 Å². The third kappa shape index (κ3) is 2.40. The zero-order valence-electron chi connectivity index (χ0n) is 13.6. The van der Waals surface area contributed by atoms with Crippen molar-refractivity contribution >= 4 is 22.6 Å². The number of hydrogen-bond donors (Lipinski definition) is 0. The van der Waals surface area contributed by atoms with E-state index in [0.717, 1.165) is 10.3 Å². The molecular formula is C17H16N4O3. The molecule has 7 nitrogen and oxygen atoms in total. The molecule has 1 amide bonds. The molecule has 0 unspecified atom stereocenters. The first-order valence-corrected chi connectivity index (χ1v) is 7.31. The van der Waals surface area contributed by atoms with Gasteiger partial charge in [0, 0.05) is 26.8 Å². The van der Waals surface area contributed by atoms with Gasteiger partial charge in [-0.1, -0.05) is 18.2 Å². The van der Waals surface area contributed by atoms with E-state index in [4.69, 9.17) is 0 Å². The quantitative estimate of drug-likeness (QED) is 0.702. The van der Waals surface area contributed by atoms with Crippen LogP contribution in [0, 0.1) is 0 Å². The van der Waals surface area contributed by atoms with E-state index in [2.05, 4.69) is 4.98 Å². The number of benzene rings is 1. The molecular weight excluding hydrogens is 308 g/mol. The first-order valence-electron chi connectivity index (χ1n) is 7.31. The molecule has 0 N–H and O–H groups in total. The summed E-state index contributed by atoms with van der Waals surface area (Å²) in [5.41, 5.74) is 0.159. The summed E-state index contributed by atoms with van der Waals surface area (Å²) < 4.78 is 2.28. The van der Waals surface area contributed by atoms with Crippen LogP contribution in [-0.4, -0.2) is 27.1 Å². The summed E-state index contributed by atoms with van der Waals surface area (Å²) in [4.78, 5) is 42.5. The van der Waals surface area contributed by atoms with Gasteiger partial charge in [0.05, 0.1) is 5.39 Å². The van der Waals surface area contributed by atoms with E-state index in [1.54, 1.807) is 7.05 Å². The highest BCUT2D eigenvalue weighted by atomic mass is 16.2. The summed E-state index contributed by atoms with van der Waals surface area (Å²) >= 11 is 0. The smallest absolute Gasteiger partial charge is 0.310 e. The average Bonchev–Trinajstić information content (AvgIpc) is 2.63. The van der Waals surface area contributed by atoms with Crippen molar-refractivity contribution in [3.05, 3.63) is 69.0 Å². The Hall–Kier alpha value is -3.22. The maximum Gasteiger partial charge on any atom is 0.332 e. The summed E-state index contributed by atoms with van der Waals surface area (Å²) in [6.45, 7) is 0. The van der Waals surface area contributed by atoms with E-state index in [-0.39, 0.29) is 17.2 Å². The fraction of sp³-hybridized carbons (Fsp3) is 0.176. The van der Waals surface area contributed by atoms with Crippen LogP contribution in [0.25, 0.3) is 11.0 Å². The number of rotatable bonds is 2. The van der Waals surface area contributed by atoms with Crippen molar-refractivity contribution in [3.8, 4) is 0 Å². The van der Waals surface area contributed by atoms with E-state index in [0.29, 0.717) is 5.39 Å². The van der Waals surface area contributed by atoms with Gasteiger partial charge in [0.25, 0.3) is 11.5 Å². The number of nitrogens with zero attached hydrogens (tertiary/aromatic N) is 4. The topological polar surface area (TPSA) is 77.2 Å². The van der Waals surface area contributed by atoms with Gasteiger partial charge >= 0.3 is 5.69 Å². The average molecular weight is 324 g/mol. The van der Waals surface area contributed by atoms with Crippen molar-refractivity contribution in [2.45, 2.75) is 0 Å². The number of carbonyl (C=O) groups is 1. The molecule has 0 radical (unpaired) electrons. The summed E-state index contributed by atoms with van der Waals surface area (Å²) in [5, 5.41) is 0.290. The Labute approximate surface area is 137 Å². The van der Waals surface area contributed by atoms with Crippen LogP contribution in [0.3, 0.4) is 0 Å². The lowest BCUT2D eigenvalue weighted by Crippen LogP contribution is -2.37.